The molecule has 0 atom stereocenters. The summed E-state index contributed by atoms with van der Waals surface area (Å²) in [7, 11) is 0. The Labute approximate surface area is 168 Å². The van der Waals surface area contributed by atoms with E-state index in [0.29, 0.717) is 11.7 Å². The first-order valence-corrected chi connectivity index (χ1v) is 10.7. The first-order valence-electron chi connectivity index (χ1n) is 9.90. The zero-order valence-corrected chi connectivity index (χ0v) is 17.5. The molecule has 1 amide bonds. The van der Waals surface area contributed by atoms with Crippen LogP contribution in [0.1, 0.15) is 35.4 Å². The fourth-order valence-corrected chi connectivity index (χ4v) is 4.52. The van der Waals surface area contributed by atoms with Crippen molar-refractivity contribution >= 4 is 32.8 Å². The van der Waals surface area contributed by atoms with Gasteiger partial charge in [-0.05, 0) is 56.8 Å². The number of amides is 1. The number of halogens is 1. The predicted octanol–water partition coefficient (Wildman–Crippen LogP) is 4.08. The van der Waals surface area contributed by atoms with E-state index in [4.69, 9.17) is 9.15 Å². The Morgan fingerprint density at radius 1 is 1.19 bits per heavy atom. The third-order valence-corrected chi connectivity index (χ3v) is 6.44. The smallest absolute Gasteiger partial charge is 0.289 e. The molecule has 27 heavy (non-hydrogen) atoms. The van der Waals surface area contributed by atoms with Crippen molar-refractivity contribution in [2.45, 2.75) is 26.2 Å². The van der Waals surface area contributed by atoms with Gasteiger partial charge in [0.05, 0.1) is 13.2 Å². The summed E-state index contributed by atoms with van der Waals surface area (Å²) in [5.41, 5.74) is 1.71. The molecule has 0 aliphatic carbocycles. The van der Waals surface area contributed by atoms with E-state index in [1.165, 1.54) is 6.42 Å². The lowest BCUT2D eigenvalue weighted by atomic mass is 9.93. The van der Waals surface area contributed by atoms with Crippen molar-refractivity contribution in [3.8, 4) is 0 Å². The SMILES string of the molecule is Cc1c(C(=O)N2CCC(CCN3CCOCC3)CC2)oc2ccc(Br)cc12. The molecular formula is C21H27BrN2O3. The van der Waals surface area contributed by atoms with Crippen LogP contribution >= 0.6 is 15.9 Å². The van der Waals surface area contributed by atoms with Gasteiger partial charge in [-0.1, -0.05) is 15.9 Å². The van der Waals surface area contributed by atoms with Crippen LogP contribution in [-0.2, 0) is 4.74 Å². The molecule has 1 aromatic heterocycles. The minimum Gasteiger partial charge on any atom is -0.451 e. The lowest BCUT2D eigenvalue weighted by Crippen LogP contribution is -2.40. The van der Waals surface area contributed by atoms with E-state index < -0.39 is 0 Å². The number of benzene rings is 1. The number of furan rings is 1. The van der Waals surface area contributed by atoms with Gasteiger partial charge in [-0.15, -0.1) is 0 Å². The van der Waals surface area contributed by atoms with Crippen LogP contribution in [0.2, 0.25) is 0 Å². The van der Waals surface area contributed by atoms with Crippen molar-refractivity contribution in [3.05, 3.63) is 34.0 Å². The molecule has 146 valence electrons. The normalized spacial score (nSPS) is 19.7. The van der Waals surface area contributed by atoms with Crippen molar-refractivity contribution in [2.75, 3.05) is 45.9 Å². The number of hydrogen-bond acceptors (Lipinski definition) is 4. The molecule has 2 saturated heterocycles. The van der Waals surface area contributed by atoms with E-state index >= 15 is 0 Å². The summed E-state index contributed by atoms with van der Waals surface area (Å²) in [6.07, 6.45) is 3.39. The number of likely N-dealkylation sites (tertiary alicyclic amines) is 1. The molecule has 0 radical (unpaired) electrons. The Hall–Kier alpha value is -1.37. The summed E-state index contributed by atoms with van der Waals surface area (Å²) in [5.74, 6) is 1.24. The number of aryl methyl sites for hydroxylation is 1. The van der Waals surface area contributed by atoms with Gasteiger partial charge in [-0.2, -0.15) is 0 Å². The van der Waals surface area contributed by atoms with E-state index in [2.05, 4.69) is 20.8 Å². The second-order valence-electron chi connectivity index (χ2n) is 7.67. The molecule has 0 saturated carbocycles. The topological polar surface area (TPSA) is 45.9 Å². The number of morpholine rings is 1. The maximum Gasteiger partial charge on any atom is 0.289 e. The fraction of sp³-hybridized carbons (Fsp3) is 0.571. The van der Waals surface area contributed by atoms with Crippen LogP contribution in [0.3, 0.4) is 0 Å². The minimum atomic E-state index is 0.0338. The van der Waals surface area contributed by atoms with Crippen LogP contribution in [0.15, 0.2) is 27.1 Å². The van der Waals surface area contributed by atoms with Gasteiger partial charge in [-0.3, -0.25) is 9.69 Å². The molecule has 0 unspecified atom stereocenters. The van der Waals surface area contributed by atoms with Crippen molar-refractivity contribution < 1.29 is 13.9 Å². The molecule has 6 heteroatoms. The third-order valence-electron chi connectivity index (χ3n) is 5.95. The number of nitrogens with zero attached hydrogens (tertiary/aromatic N) is 2. The molecule has 0 spiro atoms. The molecule has 5 nitrogen and oxygen atoms in total. The van der Waals surface area contributed by atoms with E-state index in [0.717, 1.165) is 79.8 Å². The van der Waals surface area contributed by atoms with Crippen molar-refractivity contribution in [1.29, 1.82) is 0 Å². The molecule has 2 aliphatic heterocycles. The van der Waals surface area contributed by atoms with Crippen molar-refractivity contribution in [1.82, 2.24) is 9.80 Å². The number of rotatable bonds is 4. The summed E-state index contributed by atoms with van der Waals surface area (Å²) < 4.78 is 12.3. The van der Waals surface area contributed by atoms with Gasteiger partial charge in [0, 0.05) is 41.6 Å². The number of ether oxygens (including phenoxy) is 1. The van der Waals surface area contributed by atoms with Crippen molar-refractivity contribution in [2.24, 2.45) is 5.92 Å². The first-order chi connectivity index (χ1) is 13.1. The zero-order chi connectivity index (χ0) is 18.8. The third kappa shape index (κ3) is 4.23. The second-order valence-corrected chi connectivity index (χ2v) is 8.59. The molecular weight excluding hydrogens is 408 g/mol. The van der Waals surface area contributed by atoms with Gasteiger partial charge >= 0.3 is 0 Å². The molecule has 2 aliphatic rings. The number of hydrogen-bond donors (Lipinski definition) is 0. The summed E-state index contributed by atoms with van der Waals surface area (Å²) in [4.78, 5) is 17.4. The summed E-state index contributed by atoms with van der Waals surface area (Å²) in [6.45, 7) is 8.61. The lowest BCUT2D eigenvalue weighted by molar-refractivity contribution is 0.0331. The highest BCUT2D eigenvalue weighted by Gasteiger charge is 2.27. The first kappa shape index (κ1) is 19.0. The van der Waals surface area contributed by atoms with E-state index in [9.17, 15) is 4.79 Å². The van der Waals surface area contributed by atoms with Crippen LogP contribution in [0.25, 0.3) is 11.0 Å². The average Bonchev–Trinajstić information content (AvgIpc) is 3.03. The molecule has 4 rings (SSSR count). The minimum absolute atomic E-state index is 0.0338. The molecule has 1 aromatic carbocycles. The van der Waals surface area contributed by atoms with Crippen LogP contribution in [0.5, 0.6) is 0 Å². The largest absolute Gasteiger partial charge is 0.451 e. The standard InChI is InChI=1S/C21H27BrN2O3/c1-15-18-14-17(22)2-3-19(18)27-20(15)21(25)24-8-5-16(6-9-24)4-7-23-10-12-26-13-11-23/h2-3,14,16H,4-13H2,1H3. The Balaban J connectivity index is 1.34. The Kier molecular flexibility index (Phi) is 5.85. The second kappa shape index (κ2) is 8.33. The Bertz CT molecular complexity index is 805. The number of carbonyl (C=O) groups is 1. The lowest BCUT2D eigenvalue weighted by Gasteiger charge is -2.33. The fourth-order valence-electron chi connectivity index (χ4n) is 4.16. The van der Waals surface area contributed by atoms with Gasteiger partial charge in [0.1, 0.15) is 5.58 Å². The van der Waals surface area contributed by atoms with Gasteiger partial charge in [0.25, 0.3) is 5.91 Å². The predicted molar refractivity (Wildman–Crippen MR) is 109 cm³/mol. The van der Waals surface area contributed by atoms with Gasteiger partial charge in [0.15, 0.2) is 5.76 Å². The van der Waals surface area contributed by atoms with Crippen molar-refractivity contribution in [3.63, 3.8) is 0 Å². The molecule has 2 aromatic rings. The zero-order valence-electron chi connectivity index (χ0n) is 15.9. The highest BCUT2D eigenvalue weighted by atomic mass is 79.9. The highest BCUT2D eigenvalue weighted by molar-refractivity contribution is 9.10. The van der Waals surface area contributed by atoms with Gasteiger partial charge in [0.2, 0.25) is 0 Å². The van der Waals surface area contributed by atoms with Gasteiger partial charge < -0.3 is 14.1 Å². The maximum atomic E-state index is 13.0. The van der Waals surface area contributed by atoms with E-state index in [1.807, 2.05) is 30.0 Å². The number of carbonyl (C=O) groups excluding carboxylic acids is 1. The molecule has 0 N–H and O–H groups in total. The summed E-state index contributed by atoms with van der Waals surface area (Å²) >= 11 is 3.49. The van der Waals surface area contributed by atoms with Crippen LogP contribution in [0.4, 0.5) is 0 Å². The monoisotopic (exact) mass is 434 g/mol. The van der Waals surface area contributed by atoms with Crippen LogP contribution < -0.4 is 0 Å². The number of piperidine rings is 1. The molecule has 0 bridgehead atoms. The van der Waals surface area contributed by atoms with E-state index in [1.54, 1.807) is 0 Å². The summed E-state index contributed by atoms with van der Waals surface area (Å²) in [6, 6.07) is 5.88. The number of fused-ring (bicyclic) bond motifs is 1. The Morgan fingerprint density at radius 3 is 2.67 bits per heavy atom. The highest BCUT2D eigenvalue weighted by Crippen LogP contribution is 2.30. The average molecular weight is 435 g/mol. The quantitative estimate of drug-likeness (QED) is 0.726. The Morgan fingerprint density at radius 2 is 1.93 bits per heavy atom. The molecule has 3 heterocycles. The maximum absolute atomic E-state index is 13.0. The van der Waals surface area contributed by atoms with Crippen LogP contribution in [-0.4, -0.2) is 61.6 Å². The summed E-state index contributed by atoms with van der Waals surface area (Å²) in [5, 5.41) is 1.01. The van der Waals surface area contributed by atoms with Gasteiger partial charge in [-0.25, -0.2) is 0 Å². The van der Waals surface area contributed by atoms with E-state index in [-0.39, 0.29) is 5.91 Å². The molecule has 2 fully saturated rings. The van der Waals surface area contributed by atoms with Crippen LogP contribution in [0, 0.1) is 12.8 Å².